The summed E-state index contributed by atoms with van der Waals surface area (Å²) in [6.45, 7) is 4.27. The minimum Gasteiger partial charge on any atom is -0.372 e. The maximum Gasteiger partial charge on any atom is 0.271 e. The molecule has 0 aliphatic heterocycles. The Kier molecular flexibility index (Phi) is 2.53. The SMILES string of the molecule is CNc1cncc(C(=O)NC2CC2(C)C)n1. The van der Waals surface area contributed by atoms with Gasteiger partial charge in [0.2, 0.25) is 0 Å². The number of hydrogen-bond acceptors (Lipinski definition) is 4. The lowest BCUT2D eigenvalue weighted by atomic mass is 10.2. The predicted molar refractivity (Wildman–Crippen MR) is 61.2 cm³/mol. The first kappa shape index (κ1) is 10.9. The summed E-state index contributed by atoms with van der Waals surface area (Å²) in [6.07, 6.45) is 4.08. The van der Waals surface area contributed by atoms with Gasteiger partial charge in [0, 0.05) is 13.1 Å². The number of carbonyl (C=O) groups is 1. The Morgan fingerprint density at radius 2 is 2.19 bits per heavy atom. The van der Waals surface area contributed by atoms with Gasteiger partial charge in [-0.25, -0.2) is 4.98 Å². The van der Waals surface area contributed by atoms with Crippen molar-refractivity contribution in [1.29, 1.82) is 0 Å². The van der Waals surface area contributed by atoms with Crippen molar-refractivity contribution in [2.24, 2.45) is 5.41 Å². The number of carbonyl (C=O) groups excluding carboxylic acids is 1. The number of nitrogens with zero attached hydrogens (tertiary/aromatic N) is 2. The lowest BCUT2D eigenvalue weighted by Crippen LogP contribution is -2.29. The summed E-state index contributed by atoms with van der Waals surface area (Å²) in [5, 5.41) is 5.80. The van der Waals surface area contributed by atoms with Crippen molar-refractivity contribution >= 4 is 11.7 Å². The monoisotopic (exact) mass is 220 g/mol. The average Bonchev–Trinajstić information content (AvgIpc) is 2.86. The molecular weight excluding hydrogens is 204 g/mol. The van der Waals surface area contributed by atoms with E-state index in [0.29, 0.717) is 11.5 Å². The van der Waals surface area contributed by atoms with E-state index in [9.17, 15) is 4.79 Å². The topological polar surface area (TPSA) is 66.9 Å². The second-order valence-corrected chi connectivity index (χ2v) is 4.76. The molecule has 1 aliphatic carbocycles. The standard InChI is InChI=1S/C11H16N4O/c1-11(2)4-8(11)15-10(16)7-5-13-6-9(12-3)14-7/h5-6,8H,4H2,1-3H3,(H,12,14)(H,15,16). The number of aromatic nitrogens is 2. The molecule has 1 atom stereocenters. The number of anilines is 1. The van der Waals surface area contributed by atoms with Crippen LogP contribution in [0.25, 0.3) is 0 Å². The van der Waals surface area contributed by atoms with Crippen molar-refractivity contribution in [3.8, 4) is 0 Å². The Morgan fingerprint density at radius 1 is 1.50 bits per heavy atom. The van der Waals surface area contributed by atoms with E-state index in [-0.39, 0.29) is 17.4 Å². The third-order valence-electron chi connectivity index (χ3n) is 2.94. The van der Waals surface area contributed by atoms with Crippen LogP contribution in [0.4, 0.5) is 5.82 Å². The highest BCUT2D eigenvalue weighted by molar-refractivity contribution is 5.92. The lowest BCUT2D eigenvalue weighted by Gasteiger charge is -2.06. The smallest absolute Gasteiger partial charge is 0.271 e. The maximum atomic E-state index is 11.8. The van der Waals surface area contributed by atoms with Gasteiger partial charge in [-0.05, 0) is 11.8 Å². The van der Waals surface area contributed by atoms with Gasteiger partial charge in [0.05, 0.1) is 12.4 Å². The molecule has 1 unspecified atom stereocenters. The van der Waals surface area contributed by atoms with Crippen LogP contribution in [-0.2, 0) is 0 Å². The van der Waals surface area contributed by atoms with E-state index in [1.807, 2.05) is 0 Å². The molecule has 1 heterocycles. The van der Waals surface area contributed by atoms with Crippen LogP contribution in [-0.4, -0.2) is 29.0 Å². The van der Waals surface area contributed by atoms with E-state index < -0.39 is 0 Å². The van der Waals surface area contributed by atoms with Gasteiger partial charge in [0.1, 0.15) is 11.5 Å². The quantitative estimate of drug-likeness (QED) is 0.799. The number of rotatable bonds is 3. The zero-order chi connectivity index (χ0) is 11.8. The Bertz CT molecular complexity index is 416. The third-order valence-corrected chi connectivity index (χ3v) is 2.94. The molecule has 16 heavy (non-hydrogen) atoms. The van der Waals surface area contributed by atoms with Gasteiger partial charge in [-0.2, -0.15) is 0 Å². The fourth-order valence-corrected chi connectivity index (χ4v) is 1.54. The highest BCUT2D eigenvalue weighted by atomic mass is 16.2. The van der Waals surface area contributed by atoms with Gasteiger partial charge < -0.3 is 10.6 Å². The first-order chi connectivity index (χ1) is 7.53. The van der Waals surface area contributed by atoms with Crippen LogP contribution >= 0.6 is 0 Å². The molecule has 5 heteroatoms. The second-order valence-electron chi connectivity index (χ2n) is 4.76. The summed E-state index contributed by atoms with van der Waals surface area (Å²) in [6, 6.07) is 0.264. The van der Waals surface area contributed by atoms with Gasteiger partial charge >= 0.3 is 0 Å². The highest BCUT2D eigenvalue weighted by Crippen LogP contribution is 2.44. The van der Waals surface area contributed by atoms with E-state index in [1.165, 1.54) is 6.20 Å². The van der Waals surface area contributed by atoms with E-state index in [4.69, 9.17) is 0 Å². The molecule has 1 amide bonds. The van der Waals surface area contributed by atoms with Crippen molar-refractivity contribution in [1.82, 2.24) is 15.3 Å². The number of amides is 1. The van der Waals surface area contributed by atoms with Crippen LogP contribution in [0.2, 0.25) is 0 Å². The molecular formula is C11H16N4O. The predicted octanol–water partition coefficient (Wildman–Crippen LogP) is 1.05. The summed E-state index contributed by atoms with van der Waals surface area (Å²) >= 11 is 0. The molecule has 1 aromatic heterocycles. The highest BCUT2D eigenvalue weighted by Gasteiger charge is 2.46. The summed E-state index contributed by atoms with van der Waals surface area (Å²) in [7, 11) is 1.75. The summed E-state index contributed by atoms with van der Waals surface area (Å²) in [5.74, 6) is 0.447. The first-order valence-electron chi connectivity index (χ1n) is 5.33. The Labute approximate surface area is 94.7 Å². The van der Waals surface area contributed by atoms with Crippen molar-refractivity contribution in [2.45, 2.75) is 26.3 Å². The lowest BCUT2D eigenvalue weighted by molar-refractivity contribution is 0.0941. The van der Waals surface area contributed by atoms with Crippen LogP contribution in [0.1, 0.15) is 30.8 Å². The summed E-state index contributed by atoms with van der Waals surface area (Å²) < 4.78 is 0. The van der Waals surface area contributed by atoms with Crippen LogP contribution in [0.3, 0.4) is 0 Å². The molecule has 2 N–H and O–H groups in total. The fraction of sp³-hybridized carbons (Fsp3) is 0.545. The van der Waals surface area contributed by atoms with Crippen molar-refractivity contribution < 1.29 is 4.79 Å². The fourth-order valence-electron chi connectivity index (χ4n) is 1.54. The van der Waals surface area contributed by atoms with E-state index in [2.05, 4.69) is 34.4 Å². The van der Waals surface area contributed by atoms with Crippen molar-refractivity contribution in [3.05, 3.63) is 18.1 Å². The molecule has 0 aromatic carbocycles. The molecule has 1 aromatic rings. The van der Waals surface area contributed by atoms with Crippen LogP contribution in [0.5, 0.6) is 0 Å². The molecule has 2 rings (SSSR count). The molecule has 0 saturated heterocycles. The largest absolute Gasteiger partial charge is 0.372 e. The Morgan fingerprint density at radius 3 is 2.75 bits per heavy atom. The zero-order valence-corrected chi connectivity index (χ0v) is 9.74. The van der Waals surface area contributed by atoms with Gasteiger partial charge in [0.25, 0.3) is 5.91 Å². The second kappa shape index (κ2) is 3.73. The summed E-state index contributed by atoms with van der Waals surface area (Å²) in [4.78, 5) is 19.9. The normalized spacial score (nSPS) is 21.3. The van der Waals surface area contributed by atoms with E-state index in [0.717, 1.165) is 6.42 Å². The van der Waals surface area contributed by atoms with Gasteiger partial charge in [-0.15, -0.1) is 0 Å². The first-order valence-corrected chi connectivity index (χ1v) is 5.33. The van der Waals surface area contributed by atoms with E-state index >= 15 is 0 Å². The zero-order valence-electron chi connectivity index (χ0n) is 9.74. The van der Waals surface area contributed by atoms with Gasteiger partial charge in [-0.1, -0.05) is 13.8 Å². The van der Waals surface area contributed by atoms with Crippen molar-refractivity contribution in [3.63, 3.8) is 0 Å². The maximum absolute atomic E-state index is 11.8. The van der Waals surface area contributed by atoms with Crippen molar-refractivity contribution in [2.75, 3.05) is 12.4 Å². The molecule has 5 nitrogen and oxygen atoms in total. The summed E-state index contributed by atoms with van der Waals surface area (Å²) in [5.41, 5.74) is 0.582. The van der Waals surface area contributed by atoms with Crippen LogP contribution in [0, 0.1) is 5.41 Å². The minimum absolute atomic E-state index is 0.153. The molecule has 86 valence electrons. The third kappa shape index (κ3) is 2.13. The molecule has 1 fully saturated rings. The number of hydrogen-bond donors (Lipinski definition) is 2. The molecule has 1 aliphatic rings. The minimum atomic E-state index is -0.153. The van der Waals surface area contributed by atoms with Gasteiger partial charge in [0.15, 0.2) is 0 Å². The van der Waals surface area contributed by atoms with Crippen LogP contribution < -0.4 is 10.6 Å². The van der Waals surface area contributed by atoms with Gasteiger partial charge in [-0.3, -0.25) is 9.78 Å². The van der Waals surface area contributed by atoms with E-state index in [1.54, 1.807) is 13.2 Å². The Balaban J connectivity index is 2.04. The molecule has 0 bridgehead atoms. The number of nitrogens with one attached hydrogen (secondary N) is 2. The molecule has 1 saturated carbocycles. The Hall–Kier alpha value is -1.65. The molecule has 0 spiro atoms. The van der Waals surface area contributed by atoms with Crippen LogP contribution in [0.15, 0.2) is 12.4 Å². The average molecular weight is 220 g/mol. The molecule has 0 radical (unpaired) electrons.